The summed E-state index contributed by atoms with van der Waals surface area (Å²) in [4.78, 5) is 15.5. The lowest BCUT2D eigenvalue weighted by molar-refractivity contribution is 0.100. The number of hydrogen-bond donors (Lipinski definition) is 1. The number of hydrogen-bond acceptors (Lipinski definition) is 3. The van der Waals surface area contributed by atoms with Gasteiger partial charge in [-0.05, 0) is 13.0 Å². The van der Waals surface area contributed by atoms with Gasteiger partial charge in [0, 0.05) is 22.2 Å². The van der Waals surface area contributed by atoms with Crippen molar-refractivity contribution in [2.75, 3.05) is 0 Å². The lowest BCUT2D eigenvalue weighted by Gasteiger charge is -2.02. The van der Waals surface area contributed by atoms with Crippen molar-refractivity contribution >= 4 is 17.2 Å². The van der Waals surface area contributed by atoms with Crippen LogP contribution < -0.4 is 5.73 Å². The monoisotopic (exact) mass is 218 g/mol. The van der Waals surface area contributed by atoms with E-state index in [9.17, 15) is 4.79 Å². The van der Waals surface area contributed by atoms with Crippen LogP contribution in [0.25, 0.3) is 10.6 Å². The van der Waals surface area contributed by atoms with Gasteiger partial charge in [0.05, 0.1) is 0 Å². The summed E-state index contributed by atoms with van der Waals surface area (Å²) >= 11 is 1.52. The summed E-state index contributed by atoms with van der Waals surface area (Å²) in [7, 11) is 0. The molecule has 0 saturated heterocycles. The number of aryl methyl sites for hydroxylation is 1. The van der Waals surface area contributed by atoms with Crippen molar-refractivity contribution in [1.82, 2.24) is 4.98 Å². The fraction of sp³-hybridized carbons (Fsp3) is 0.0909. The maximum atomic E-state index is 11.2. The highest BCUT2D eigenvalue weighted by molar-refractivity contribution is 7.13. The average Bonchev–Trinajstić information content (AvgIpc) is 2.65. The molecule has 0 saturated carbocycles. The summed E-state index contributed by atoms with van der Waals surface area (Å²) in [6, 6.07) is 7.25. The lowest BCUT2D eigenvalue weighted by Crippen LogP contribution is -2.12. The van der Waals surface area contributed by atoms with E-state index in [2.05, 4.69) is 4.98 Å². The molecule has 0 aliphatic heterocycles. The molecule has 0 fully saturated rings. The van der Waals surface area contributed by atoms with Gasteiger partial charge in [0.25, 0.3) is 0 Å². The van der Waals surface area contributed by atoms with Gasteiger partial charge < -0.3 is 5.73 Å². The third kappa shape index (κ3) is 1.89. The van der Waals surface area contributed by atoms with E-state index in [1.54, 1.807) is 12.1 Å². The number of nitrogens with two attached hydrogens (primary N) is 1. The van der Waals surface area contributed by atoms with Crippen molar-refractivity contribution in [1.29, 1.82) is 0 Å². The van der Waals surface area contributed by atoms with Crippen LogP contribution in [0.2, 0.25) is 0 Å². The van der Waals surface area contributed by atoms with Gasteiger partial charge in [-0.3, -0.25) is 4.79 Å². The van der Waals surface area contributed by atoms with Gasteiger partial charge in [0.2, 0.25) is 5.91 Å². The summed E-state index contributed by atoms with van der Waals surface area (Å²) in [5.74, 6) is -0.418. The van der Waals surface area contributed by atoms with Gasteiger partial charge in [-0.1, -0.05) is 18.2 Å². The largest absolute Gasteiger partial charge is 0.366 e. The number of nitrogens with zero attached hydrogens (tertiary/aromatic N) is 1. The zero-order chi connectivity index (χ0) is 10.8. The van der Waals surface area contributed by atoms with Crippen molar-refractivity contribution in [3.05, 3.63) is 40.9 Å². The Labute approximate surface area is 91.6 Å². The molecule has 0 radical (unpaired) electrons. The normalized spacial score (nSPS) is 10.2. The van der Waals surface area contributed by atoms with E-state index in [0.717, 1.165) is 16.3 Å². The molecule has 0 spiro atoms. The lowest BCUT2D eigenvalue weighted by atomic mass is 10.1. The first-order valence-electron chi connectivity index (χ1n) is 4.50. The molecule has 0 unspecified atom stereocenters. The van der Waals surface area contributed by atoms with Crippen LogP contribution in [0.15, 0.2) is 29.6 Å². The average molecular weight is 218 g/mol. The van der Waals surface area contributed by atoms with E-state index in [-0.39, 0.29) is 0 Å². The van der Waals surface area contributed by atoms with Crippen LogP contribution in [-0.2, 0) is 0 Å². The highest BCUT2D eigenvalue weighted by Crippen LogP contribution is 2.26. The fourth-order valence-corrected chi connectivity index (χ4v) is 2.20. The van der Waals surface area contributed by atoms with Crippen LogP contribution in [0, 0.1) is 6.92 Å². The van der Waals surface area contributed by atoms with Gasteiger partial charge in [0.1, 0.15) is 5.01 Å². The number of benzene rings is 1. The summed E-state index contributed by atoms with van der Waals surface area (Å²) in [5.41, 5.74) is 7.58. The molecule has 2 N–H and O–H groups in total. The Morgan fingerprint density at radius 1 is 1.40 bits per heavy atom. The molecule has 1 aromatic heterocycles. The predicted molar refractivity (Wildman–Crippen MR) is 60.8 cm³/mol. The minimum atomic E-state index is -0.418. The van der Waals surface area contributed by atoms with Crippen LogP contribution in [0.3, 0.4) is 0 Å². The number of carbonyl (C=O) groups is 1. The Balaban J connectivity index is 2.57. The Bertz CT molecular complexity index is 505. The molecule has 0 aliphatic rings. The summed E-state index contributed by atoms with van der Waals surface area (Å²) < 4.78 is 0. The molecular weight excluding hydrogens is 208 g/mol. The van der Waals surface area contributed by atoms with Crippen LogP contribution in [0.4, 0.5) is 0 Å². The molecule has 15 heavy (non-hydrogen) atoms. The minimum absolute atomic E-state index is 0.418. The predicted octanol–water partition coefficient (Wildman–Crippen LogP) is 2.22. The highest BCUT2D eigenvalue weighted by Gasteiger charge is 2.11. The quantitative estimate of drug-likeness (QED) is 0.840. The van der Waals surface area contributed by atoms with Gasteiger partial charge in [0.15, 0.2) is 0 Å². The van der Waals surface area contributed by atoms with Crippen LogP contribution in [-0.4, -0.2) is 10.9 Å². The van der Waals surface area contributed by atoms with E-state index in [1.807, 2.05) is 24.4 Å². The van der Waals surface area contributed by atoms with Crippen LogP contribution in [0.1, 0.15) is 16.1 Å². The first-order valence-corrected chi connectivity index (χ1v) is 5.38. The van der Waals surface area contributed by atoms with Crippen molar-refractivity contribution < 1.29 is 4.79 Å². The Morgan fingerprint density at radius 2 is 2.13 bits per heavy atom. The molecule has 2 aromatic rings. The number of carbonyl (C=O) groups excluding carboxylic acids is 1. The fourth-order valence-electron chi connectivity index (χ4n) is 1.36. The van der Waals surface area contributed by atoms with Gasteiger partial charge in [-0.25, -0.2) is 4.98 Å². The molecule has 0 bridgehead atoms. The topological polar surface area (TPSA) is 56.0 Å². The van der Waals surface area contributed by atoms with E-state index >= 15 is 0 Å². The van der Waals surface area contributed by atoms with Crippen LogP contribution in [0.5, 0.6) is 0 Å². The third-order valence-corrected chi connectivity index (χ3v) is 3.04. The number of amides is 1. The molecule has 0 atom stereocenters. The molecule has 3 nitrogen and oxygen atoms in total. The van der Waals surface area contributed by atoms with Crippen molar-refractivity contribution in [2.45, 2.75) is 6.92 Å². The van der Waals surface area contributed by atoms with Crippen LogP contribution >= 0.6 is 11.3 Å². The Morgan fingerprint density at radius 3 is 2.73 bits per heavy atom. The van der Waals surface area contributed by atoms with Crippen molar-refractivity contribution in [3.63, 3.8) is 0 Å². The number of aromatic nitrogens is 1. The van der Waals surface area contributed by atoms with Gasteiger partial charge >= 0.3 is 0 Å². The molecule has 76 valence electrons. The first kappa shape index (κ1) is 9.86. The molecule has 0 aliphatic carbocycles. The van der Waals surface area contributed by atoms with Crippen molar-refractivity contribution in [2.24, 2.45) is 5.73 Å². The maximum absolute atomic E-state index is 11.2. The first-order chi connectivity index (χ1) is 7.18. The maximum Gasteiger partial charge on any atom is 0.249 e. The van der Waals surface area contributed by atoms with E-state index in [4.69, 9.17) is 5.73 Å². The van der Waals surface area contributed by atoms with Gasteiger partial charge in [-0.2, -0.15) is 0 Å². The second kappa shape index (κ2) is 3.82. The van der Waals surface area contributed by atoms with Crippen molar-refractivity contribution in [3.8, 4) is 10.6 Å². The Hall–Kier alpha value is -1.68. The smallest absolute Gasteiger partial charge is 0.249 e. The van der Waals surface area contributed by atoms with E-state index in [1.165, 1.54) is 11.3 Å². The number of rotatable bonds is 2. The second-order valence-corrected chi connectivity index (χ2v) is 4.06. The Kier molecular flexibility index (Phi) is 2.51. The molecular formula is C11H10N2OS. The molecule has 2 rings (SSSR count). The molecule has 1 aromatic carbocycles. The zero-order valence-electron chi connectivity index (χ0n) is 8.23. The molecule has 1 heterocycles. The van der Waals surface area contributed by atoms with E-state index < -0.39 is 5.91 Å². The second-order valence-electron chi connectivity index (χ2n) is 3.20. The SMILES string of the molecule is Cc1csc(-c2ccccc2C(N)=O)n1. The number of thiazole rings is 1. The molecule has 1 amide bonds. The zero-order valence-corrected chi connectivity index (χ0v) is 9.04. The minimum Gasteiger partial charge on any atom is -0.366 e. The standard InChI is InChI=1S/C11H10N2OS/c1-7-6-15-11(13-7)9-5-3-2-4-8(9)10(12)14/h2-6H,1H3,(H2,12,14). The highest BCUT2D eigenvalue weighted by atomic mass is 32.1. The summed E-state index contributed by atoms with van der Waals surface area (Å²) in [5, 5.41) is 2.79. The summed E-state index contributed by atoms with van der Waals surface area (Å²) in [6.07, 6.45) is 0. The van der Waals surface area contributed by atoms with E-state index in [0.29, 0.717) is 5.56 Å². The molecule has 4 heteroatoms. The van der Waals surface area contributed by atoms with Gasteiger partial charge in [-0.15, -0.1) is 11.3 Å². The summed E-state index contributed by atoms with van der Waals surface area (Å²) in [6.45, 7) is 1.92. The third-order valence-electron chi connectivity index (χ3n) is 2.04. The number of primary amides is 1.